The molecule has 0 aliphatic heterocycles. The minimum absolute atomic E-state index is 0.0217. The second kappa shape index (κ2) is 8.24. The highest BCUT2D eigenvalue weighted by atomic mass is 19.4. The predicted molar refractivity (Wildman–Crippen MR) is 98.6 cm³/mol. The minimum Gasteiger partial charge on any atom is -0.326 e. The highest BCUT2D eigenvalue weighted by Crippen LogP contribution is 2.30. The van der Waals surface area contributed by atoms with Gasteiger partial charge in [0.1, 0.15) is 0 Å². The van der Waals surface area contributed by atoms with Crippen molar-refractivity contribution in [1.29, 1.82) is 0 Å². The molecule has 0 saturated heterocycles. The second-order valence-corrected chi connectivity index (χ2v) is 6.33. The van der Waals surface area contributed by atoms with Crippen LogP contribution in [-0.2, 0) is 15.8 Å². The lowest BCUT2D eigenvalue weighted by molar-refractivity contribution is -0.137. The van der Waals surface area contributed by atoms with Crippen molar-refractivity contribution in [3.05, 3.63) is 59.2 Å². The molecule has 1 N–H and O–H groups in total. The van der Waals surface area contributed by atoms with Gasteiger partial charge in [-0.15, -0.1) is 0 Å². The summed E-state index contributed by atoms with van der Waals surface area (Å²) in [4.78, 5) is 25.3. The minimum atomic E-state index is -4.44. The summed E-state index contributed by atoms with van der Waals surface area (Å²) in [7, 11) is 0. The Hall–Kier alpha value is -2.83. The summed E-state index contributed by atoms with van der Waals surface area (Å²) in [6, 6.07) is 9.92. The Labute approximate surface area is 156 Å². The molecule has 0 aromatic heterocycles. The van der Waals surface area contributed by atoms with E-state index in [-0.39, 0.29) is 24.8 Å². The molecule has 0 spiro atoms. The van der Waals surface area contributed by atoms with E-state index in [1.165, 1.54) is 24.0 Å². The first kappa shape index (κ1) is 20.5. The summed E-state index contributed by atoms with van der Waals surface area (Å²) in [5.74, 6) is -0.630. The number of nitrogens with zero attached hydrogens (tertiary/aromatic N) is 1. The van der Waals surface area contributed by atoms with Gasteiger partial charge >= 0.3 is 6.18 Å². The molecule has 7 heteroatoms. The van der Waals surface area contributed by atoms with Crippen LogP contribution in [0.5, 0.6) is 0 Å². The molecule has 0 bridgehead atoms. The first-order valence-corrected chi connectivity index (χ1v) is 8.40. The number of carbonyl (C=O) groups excluding carboxylic acids is 2. The van der Waals surface area contributed by atoms with E-state index in [9.17, 15) is 22.8 Å². The third-order valence-corrected chi connectivity index (χ3v) is 4.10. The molecule has 0 aliphatic rings. The van der Waals surface area contributed by atoms with Crippen LogP contribution < -0.4 is 10.2 Å². The maximum atomic E-state index is 12.7. The molecule has 0 fully saturated rings. The van der Waals surface area contributed by atoms with Crippen molar-refractivity contribution >= 4 is 23.2 Å². The van der Waals surface area contributed by atoms with E-state index in [0.717, 1.165) is 23.3 Å². The Morgan fingerprint density at radius 2 is 1.67 bits per heavy atom. The molecule has 0 aliphatic carbocycles. The van der Waals surface area contributed by atoms with Crippen molar-refractivity contribution in [2.45, 2.75) is 33.4 Å². The quantitative estimate of drug-likeness (QED) is 0.820. The zero-order chi connectivity index (χ0) is 20.2. The van der Waals surface area contributed by atoms with Gasteiger partial charge in [-0.05, 0) is 49.7 Å². The maximum Gasteiger partial charge on any atom is 0.416 e. The van der Waals surface area contributed by atoms with Crippen LogP contribution in [0.25, 0.3) is 0 Å². The van der Waals surface area contributed by atoms with Crippen LogP contribution in [0.1, 0.15) is 30.0 Å². The fourth-order valence-electron chi connectivity index (χ4n) is 2.68. The van der Waals surface area contributed by atoms with Gasteiger partial charge in [0.2, 0.25) is 11.8 Å². The van der Waals surface area contributed by atoms with Crippen molar-refractivity contribution in [2.24, 2.45) is 0 Å². The highest BCUT2D eigenvalue weighted by molar-refractivity contribution is 5.95. The van der Waals surface area contributed by atoms with Crippen molar-refractivity contribution in [2.75, 3.05) is 16.8 Å². The number of rotatable bonds is 5. The highest BCUT2D eigenvalue weighted by Gasteiger charge is 2.30. The van der Waals surface area contributed by atoms with Gasteiger partial charge in [-0.2, -0.15) is 13.2 Å². The molecule has 2 aromatic rings. The summed E-state index contributed by atoms with van der Waals surface area (Å²) < 4.78 is 38.0. The van der Waals surface area contributed by atoms with E-state index in [2.05, 4.69) is 5.32 Å². The molecule has 2 rings (SSSR count). The van der Waals surface area contributed by atoms with E-state index in [1.807, 2.05) is 26.0 Å². The van der Waals surface area contributed by atoms with Crippen LogP contribution in [0.4, 0.5) is 24.5 Å². The Morgan fingerprint density at radius 3 is 2.19 bits per heavy atom. The summed E-state index contributed by atoms with van der Waals surface area (Å²) in [6.07, 6.45) is -4.42. The van der Waals surface area contributed by atoms with Gasteiger partial charge in [-0.1, -0.05) is 17.7 Å². The standard InChI is InChI=1S/C20H21F3N2O2/c1-13-4-9-18(14(2)12-13)24-19(27)10-11-25(15(3)26)17-7-5-16(6-8-17)20(21,22)23/h4-9,12H,10-11H2,1-3H3,(H,24,27). The van der Waals surface area contributed by atoms with Crippen molar-refractivity contribution in [3.8, 4) is 0 Å². The zero-order valence-corrected chi connectivity index (χ0v) is 15.4. The Balaban J connectivity index is 2.04. The molecular formula is C20H21F3N2O2. The number of alkyl halides is 3. The zero-order valence-electron chi connectivity index (χ0n) is 15.4. The van der Waals surface area contributed by atoms with Crippen LogP contribution in [0, 0.1) is 13.8 Å². The predicted octanol–water partition coefficient (Wildman–Crippen LogP) is 4.70. The summed E-state index contributed by atoms with van der Waals surface area (Å²) >= 11 is 0. The van der Waals surface area contributed by atoms with Gasteiger partial charge in [0, 0.05) is 31.3 Å². The molecule has 2 aromatic carbocycles. The summed E-state index contributed by atoms with van der Waals surface area (Å²) in [6.45, 7) is 5.21. The first-order chi connectivity index (χ1) is 12.6. The number of halogens is 3. The van der Waals surface area contributed by atoms with Crippen LogP contribution in [0.3, 0.4) is 0 Å². The van der Waals surface area contributed by atoms with Crippen molar-refractivity contribution in [3.63, 3.8) is 0 Å². The summed E-state index contributed by atoms with van der Waals surface area (Å²) in [5, 5.41) is 2.79. The monoisotopic (exact) mass is 378 g/mol. The van der Waals surface area contributed by atoms with Gasteiger partial charge in [-0.3, -0.25) is 9.59 Å². The average molecular weight is 378 g/mol. The van der Waals surface area contributed by atoms with Crippen molar-refractivity contribution in [1.82, 2.24) is 0 Å². The molecule has 0 atom stereocenters. The van der Waals surface area contributed by atoms with E-state index in [1.54, 1.807) is 6.07 Å². The maximum absolute atomic E-state index is 12.7. The Morgan fingerprint density at radius 1 is 1.04 bits per heavy atom. The molecule has 144 valence electrons. The molecule has 27 heavy (non-hydrogen) atoms. The lowest BCUT2D eigenvalue weighted by Crippen LogP contribution is -2.32. The Bertz CT molecular complexity index is 830. The first-order valence-electron chi connectivity index (χ1n) is 8.40. The molecule has 0 heterocycles. The van der Waals surface area contributed by atoms with Crippen LogP contribution in [0.2, 0.25) is 0 Å². The number of hydrogen-bond donors (Lipinski definition) is 1. The number of anilines is 2. The normalized spacial score (nSPS) is 11.2. The van der Waals surface area contributed by atoms with Crippen LogP contribution >= 0.6 is 0 Å². The number of amides is 2. The van der Waals surface area contributed by atoms with E-state index in [0.29, 0.717) is 11.4 Å². The van der Waals surface area contributed by atoms with Gasteiger partial charge in [-0.25, -0.2) is 0 Å². The number of nitrogens with one attached hydrogen (secondary N) is 1. The number of hydrogen-bond acceptors (Lipinski definition) is 2. The summed E-state index contributed by atoms with van der Waals surface area (Å²) in [5.41, 5.74) is 2.22. The van der Waals surface area contributed by atoms with Gasteiger partial charge in [0.05, 0.1) is 5.56 Å². The van der Waals surface area contributed by atoms with Gasteiger partial charge in [0.15, 0.2) is 0 Å². The van der Waals surface area contributed by atoms with Crippen molar-refractivity contribution < 1.29 is 22.8 Å². The van der Waals surface area contributed by atoms with E-state index < -0.39 is 11.7 Å². The largest absolute Gasteiger partial charge is 0.416 e. The lowest BCUT2D eigenvalue weighted by Gasteiger charge is -2.21. The number of benzene rings is 2. The third-order valence-electron chi connectivity index (χ3n) is 4.10. The molecule has 0 saturated carbocycles. The molecule has 0 unspecified atom stereocenters. The molecule has 0 radical (unpaired) electrons. The third kappa shape index (κ3) is 5.57. The Kier molecular flexibility index (Phi) is 6.25. The van der Waals surface area contributed by atoms with Gasteiger partial charge < -0.3 is 10.2 Å². The molecular weight excluding hydrogens is 357 g/mol. The van der Waals surface area contributed by atoms with Gasteiger partial charge in [0.25, 0.3) is 0 Å². The molecule has 4 nitrogen and oxygen atoms in total. The lowest BCUT2D eigenvalue weighted by atomic mass is 10.1. The number of aryl methyl sites for hydroxylation is 2. The second-order valence-electron chi connectivity index (χ2n) is 6.33. The van der Waals surface area contributed by atoms with E-state index >= 15 is 0 Å². The van der Waals surface area contributed by atoms with Crippen LogP contribution in [0.15, 0.2) is 42.5 Å². The molecule has 2 amide bonds. The van der Waals surface area contributed by atoms with Crippen LogP contribution in [-0.4, -0.2) is 18.4 Å². The smallest absolute Gasteiger partial charge is 0.326 e. The SMILES string of the molecule is CC(=O)N(CCC(=O)Nc1ccc(C)cc1C)c1ccc(C(F)(F)F)cc1. The van der Waals surface area contributed by atoms with E-state index in [4.69, 9.17) is 0 Å². The fourth-order valence-corrected chi connectivity index (χ4v) is 2.68. The topological polar surface area (TPSA) is 49.4 Å². The fraction of sp³-hybridized carbons (Fsp3) is 0.300. The number of carbonyl (C=O) groups is 2. The average Bonchev–Trinajstić information content (AvgIpc) is 2.57.